The van der Waals surface area contributed by atoms with Gasteiger partial charge in [0.15, 0.2) is 11.6 Å². The number of hydrogen-bond donors (Lipinski definition) is 3. The molecule has 0 unspecified atom stereocenters. The molecule has 0 bridgehead atoms. The van der Waals surface area contributed by atoms with E-state index in [2.05, 4.69) is 5.32 Å². The van der Waals surface area contributed by atoms with Crippen LogP contribution in [0.25, 0.3) is 5.57 Å². The van der Waals surface area contributed by atoms with E-state index in [9.17, 15) is 19.4 Å². The third kappa shape index (κ3) is 4.63. The highest BCUT2D eigenvalue weighted by atomic mass is 19.1. The van der Waals surface area contributed by atoms with Crippen molar-refractivity contribution in [1.82, 2.24) is 5.32 Å². The minimum absolute atomic E-state index is 0.0393. The van der Waals surface area contributed by atoms with E-state index in [0.717, 1.165) is 0 Å². The summed E-state index contributed by atoms with van der Waals surface area (Å²) in [5.41, 5.74) is 1.45. The largest absolute Gasteiger partial charge is 0.510 e. The van der Waals surface area contributed by atoms with Crippen molar-refractivity contribution in [3.8, 4) is 5.75 Å². The zero-order chi connectivity index (χ0) is 16.2. The molecule has 1 aromatic carbocycles. The van der Waals surface area contributed by atoms with E-state index in [4.69, 9.17) is 0 Å². The number of carbonyl (C=O) groups is 1. The predicted octanol–water partition coefficient (Wildman–Crippen LogP) is 3.50. The summed E-state index contributed by atoms with van der Waals surface area (Å²) in [5, 5.41) is 21.4. The zero-order valence-corrected chi connectivity index (χ0v) is 12.6. The van der Waals surface area contributed by atoms with Gasteiger partial charge in [0.2, 0.25) is 5.91 Å². The molecule has 0 aliphatic carbocycles. The smallest absolute Gasteiger partial charge is 0.227 e. The molecule has 0 radical (unpaired) electrons. The van der Waals surface area contributed by atoms with Crippen LogP contribution in [0.4, 0.5) is 4.39 Å². The van der Waals surface area contributed by atoms with E-state index in [1.807, 2.05) is 0 Å². The lowest BCUT2D eigenvalue weighted by Crippen LogP contribution is -2.27. The molecule has 5 heteroatoms. The summed E-state index contributed by atoms with van der Waals surface area (Å²) in [6.07, 6.45) is 1.56. The van der Waals surface area contributed by atoms with Gasteiger partial charge in [-0.05, 0) is 43.2 Å². The Hall–Kier alpha value is -2.30. The number of halogens is 1. The highest BCUT2D eigenvalue weighted by molar-refractivity contribution is 5.81. The molecule has 0 atom stereocenters. The van der Waals surface area contributed by atoms with E-state index < -0.39 is 11.6 Å². The van der Waals surface area contributed by atoms with Crippen molar-refractivity contribution in [2.24, 2.45) is 5.92 Å². The fourth-order valence-corrected chi connectivity index (χ4v) is 1.56. The molecule has 1 rings (SSSR count). The summed E-state index contributed by atoms with van der Waals surface area (Å²) >= 11 is 0. The summed E-state index contributed by atoms with van der Waals surface area (Å²) in [5.74, 6) is -1.63. The molecule has 114 valence electrons. The first kappa shape index (κ1) is 16.8. The molecule has 0 spiro atoms. The average molecular weight is 293 g/mol. The van der Waals surface area contributed by atoms with Gasteiger partial charge in [0, 0.05) is 5.92 Å². The lowest BCUT2D eigenvalue weighted by atomic mass is 10.1. The molecule has 0 saturated heterocycles. The van der Waals surface area contributed by atoms with Gasteiger partial charge in [0.05, 0.1) is 5.70 Å². The second-order valence-electron chi connectivity index (χ2n) is 5.14. The van der Waals surface area contributed by atoms with Gasteiger partial charge in [0.25, 0.3) is 0 Å². The monoisotopic (exact) mass is 293 g/mol. The highest BCUT2D eigenvalue weighted by Crippen LogP contribution is 2.22. The first-order valence-electron chi connectivity index (χ1n) is 6.60. The van der Waals surface area contributed by atoms with Gasteiger partial charge in [-0.3, -0.25) is 4.79 Å². The molecular weight excluding hydrogens is 273 g/mol. The van der Waals surface area contributed by atoms with Crippen LogP contribution in [-0.2, 0) is 4.79 Å². The van der Waals surface area contributed by atoms with E-state index in [1.165, 1.54) is 19.1 Å². The number of phenolic OH excluding ortho intramolecular Hbond substituents is 1. The van der Waals surface area contributed by atoms with E-state index in [1.54, 1.807) is 32.9 Å². The molecule has 4 nitrogen and oxygen atoms in total. The van der Waals surface area contributed by atoms with E-state index in [-0.39, 0.29) is 23.3 Å². The Bertz CT molecular complexity index is 600. The maximum Gasteiger partial charge on any atom is 0.227 e. The molecule has 3 N–H and O–H groups in total. The molecule has 21 heavy (non-hydrogen) atoms. The van der Waals surface area contributed by atoms with Crippen LogP contribution >= 0.6 is 0 Å². The second-order valence-corrected chi connectivity index (χ2v) is 5.14. The number of amides is 1. The molecule has 0 heterocycles. The van der Waals surface area contributed by atoms with Crippen molar-refractivity contribution in [3.63, 3.8) is 0 Å². The van der Waals surface area contributed by atoms with Crippen molar-refractivity contribution >= 4 is 11.5 Å². The number of aromatic hydroxyl groups is 1. The van der Waals surface area contributed by atoms with Crippen LogP contribution in [0.15, 0.2) is 35.7 Å². The second kappa shape index (κ2) is 6.92. The number of rotatable bonds is 4. The minimum atomic E-state index is -0.724. The lowest BCUT2D eigenvalue weighted by Gasteiger charge is -2.11. The zero-order valence-electron chi connectivity index (χ0n) is 12.6. The van der Waals surface area contributed by atoms with E-state index in [0.29, 0.717) is 11.1 Å². The summed E-state index contributed by atoms with van der Waals surface area (Å²) in [6, 6.07) is 4.00. The summed E-state index contributed by atoms with van der Waals surface area (Å²) < 4.78 is 13.3. The van der Waals surface area contributed by atoms with Crippen molar-refractivity contribution in [2.45, 2.75) is 27.7 Å². The Morgan fingerprint density at radius 2 is 1.95 bits per heavy atom. The fourth-order valence-electron chi connectivity index (χ4n) is 1.56. The molecule has 0 aromatic heterocycles. The molecule has 0 aliphatic rings. The number of benzene rings is 1. The number of aliphatic hydroxyl groups excluding tert-OH is 1. The normalized spacial score (nSPS) is 13.1. The Kier molecular flexibility index (Phi) is 5.52. The number of nitrogens with one attached hydrogen (secondary N) is 1. The topological polar surface area (TPSA) is 69.6 Å². The van der Waals surface area contributed by atoms with Gasteiger partial charge in [-0.15, -0.1) is 0 Å². The number of carbonyl (C=O) groups excluding carboxylic acids is 1. The molecule has 1 amide bonds. The fraction of sp³-hybridized carbons (Fsp3) is 0.312. The number of allylic oxidation sites excluding steroid dienone is 3. The molecule has 0 saturated carbocycles. The first-order valence-corrected chi connectivity index (χ1v) is 6.60. The minimum Gasteiger partial charge on any atom is -0.510 e. The molecular formula is C16H20FNO3. The van der Waals surface area contributed by atoms with E-state index >= 15 is 0 Å². The third-order valence-corrected chi connectivity index (χ3v) is 2.94. The van der Waals surface area contributed by atoms with Crippen LogP contribution in [0.3, 0.4) is 0 Å². The van der Waals surface area contributed by atoms with Crippen LogP contribution in [0, 0.1) is 11.7 Å². The van der Waals surface area contributed by atoms with Gasteiger partial charge in [-0.25, -0.2) is 4.39 Å². The Morgan fingerprint density at radius 1 is 1.33 bits per heavy atom. The lowest BCUT2D eigenvalue weighted by molar-refractivity contribution is -0.123. The predicted molar refractivity (Wildman–Crippen MR) is 80.0 cm³/mol. The summed E-state index contributed by atoms with van der Waals surface area (Å²) in [7, 11) is 0. The van der Waals surface area contributed by atoms with Crippen LogP contribution < -0.4 is 5.32 Å². The van der Waals surface area contributed by atoms with Gasteiger partial charge < -0.3 is 15.5 Å². The van der Waals surface area contributed by atoms with Crippen molar-refractivity contribution in [1.29, 1.82) is 0 Å². The van der Waals surface area contributed by atoms with Gasteiger partial charge >= 0.3 is 0 Å². The Morgan fingerprint density at radius 3 is 2.43 bits per heavy atom. The molecule has 0 aliphatic heterocycles. The number of phenols is 1. The summed E-state index contributed by atoms with van der Waals surface area (Å²) in [4.78, 5) is 11.7. The van der Waals surface area contributed by atoms with Crippen LogP contribution in [0.5, 0.6) is 5.75 Å². The highest BCUT2D eigenvalue weighted by Gasteiger charge is 2.11. The summed E-state index contributed by atoms with van der Waals surface area (Å²) in [6.45, 7) is 6.66. The van der Waals surface area contributed by atoms with Gasteiger partial charge in [0.1, 0.15) is 5.76 Å². The third-order valence-electron chi connectivity index (χ3n) is 2.94. The van der Waals surface area contributed by atoms with Crippen LogP contribution in [0.1, 0.15) is 33.3 Å². The Labute approximate surface area is 123 Å². The van der Waals surface area contributed by atoms with Crippen LogP contribution in [0.2, 0.25) is 0 Å². The standard InChI is InChI=1S/C16H20FNO3/c1-9(2)16(21)18-14(11(4)19)7-10(3)12-5-6-15(20)13(17)8-12/h5-9,19-20H,1-4H3,(H,18,21)/b10-7+,14-11-. The number of aliphatic hydroxyl groups is 1. The maximum absolute atomic E-state index is 13.3. The SMILES string of the molecule is C/C(O)=C(\C=C(/C)c1ccc(O)c(F)c1)NC(=O)C(C)C. The van der Waals surface area contributed by atoms with Crippen molar-refractivity contribution in [3.05, 3.63) is 47.1 Å². The number of hydrogen-bond acceptors (Lipinski definition) is 3. The van der Waals surface area contributed by atoms with Gasteiger partial charge in [-0.1, -0.05) is 19.9 Å². The van der Waals surface area contributed by atoms with Crippen molar-refractivity contribution < 1.29 is 19.4 Å². The average Bonchev–Trinajstić information content (AvgIpc) is 2.40. The van der Waals surface area contributed by atoms with Crippen LogP contribution in [-0.4, -0.2) is 16.1 Å². The van der Waals surface area contributed by atoms with Crippen molar-refractivity contribution in [2.75, 3.05) is 0 Å². The molecule has 0 fully saturated rings. The first-order chi connectivity index (χ1) is 9.72. The quantitative estimate of drug-likeness (QED) is 0.588. The molecule has 1 aromatic rings. The van der Waals surface area contributed by atoms with Gasteiger partial charge in [-0.2, -0.15) is 0 Å². The maximum atomic E-state index is 13.3. The Balaban J connectivity index is 3.08.